The number of aromatic nitrogens is 2. The number of ketones is 1. The number of thiazole rings is 1. The number of Topliss-reactive ketones (excluding diaryl/α,β-unsaturated/α-hetero) is 1. The Bertz CT molecular complexity index is 528. The van der Waals surface area contributed by atoms with Crippen LogP contribution in [0, 0.1) is 6.92 Å². The second-order valence-electron chi connectivity index (χ2n) is 3.40. The minimum Gasteiger partial charge on any atom is -0.350 e. The van der Waals surface area contributed by atoms with Gasteiger partial charge < -0.3 is 4.98 Å². The Kier molecular flexibility index (Phi) is 2.96. The number of aldehydes is 1. The van der Waals surface area contributed by atoms with E-state index in [-0.39, 0.29) is 12.2 Å². The van der Waals surface area contributed by atoms with Gasteiger partial charge in [-0.1, -0.05) is 0 Å². The van der Waals surface area contributed by atoms with Gasteiger partial charge in [0.05, 0.1) is 28.5 Å². The highest BCUT2D eigenvalue weighted by Crippen LogP contribution is 2.11. The van der Waals surface area contributed by atoms with Gasteiger partial charge in [-0.3, -0.25) is 9.59 Å². The maximum Gasteiger partial charge on any atom is 0.184 e. The fraction of sp³-hybridized carbons (Fsp3) is 0.182. The lowest BCUT2D eigenvalue weighted by Gasteiger charge is -1.94. The highest BCUT2D eigenvalue weighted by molar-refractivity contribution is 7.09. The normalized spacial score (nSPS) is 10.3. The number of H-pyrrole nitrogens is 1. The van der Waals surface area contributed by atoms with Gasteiger partial charge in [-0.2, -0.15) is 0 Å². The number of aromatic amines is 1. The van der Waals surface area contributed by atoms with Crippen molar-refractivity contribution in [2.75, 3.05) is 0 Å². The highest BCUT2D eigenvalue weighted by Gasteiger charge is 2.10. The molecule has 0 fully saturated rings. The van der Waals surface area contributed by atoms with E-state index in [4.69, 9.17) is 0 Å². The van der Waals surface area contributed by atoms with Crippen LogP contribution in [0.25, 0.3) is 0 Å². The zero-order chi connectivity index (χ0) is 11.5. The molecule has 0 aliphatic carbocycles. The minimum atomic E-state index is -0.0570. The van der Waals surface area contributed by atoms with Crippen molar-refractivity contribution in [3.05, 3.63) is 39.6 Å². The van der Waals surface area contributed by atoms with Crippen molar-refractivity contribution in [3.63, 3.8) is 0 Å². The van der Waals surface area contributed by atoms with Crippen LogP contribution in [0.15, 0.2) is 17.5 Å². The summed E-state index contributed by atoms with van der Waals surface area (Å²) in [6.07, 6.45) is 0.951. The summed E-state index contributed by atoms with van der Waals surface area (Å²) in [5.74, 6) is -0.0570. The number of hydrogen-bond acceptors (Lipinski definition) is 4. The van der Waals surface area contributed by atoms with E-state index in [1.165, 1.54) is 11.3 Å². The fourth-order valence-corrected chi connectivity index (χ4v) is 2.01. The van der Waals surface area contributed by atoms with Crippen LogP contribution in [0.4, 0.5) is 0 Å². The summed E-state index contributed by atoms with van der Waals surface area (Å²) in [5, 5.41) is 2.82. The molecule has 0 amide bonds. The van der Waals surface area contributed by atoms with E-state index in [2.05, 4.69) is 9.97 Å². The molecule has 0 atom stereocenters. The van der Waals surface area contributed by atoms with Gasteiger partial charge in [-0.15, -0.1) is 11.3 Å². The van der Waals surface area contributed by atoms with Gasteiger partial charge >= 0.3 is 0 Å². The predicted molar refractivity (Wildman–Crippen MR) is 61.1 cm³/mol. The van der Waals surface area contributed by atoms with Crippen LogP contribution < -0.4 is 0 Å². The molecule has 4 nitrogen and oxygen atoms in total. The molecule has 0 aliphatic heterocycles. The molecule has 2 rings (SSSR count). The second kappa shape index (κ2) is 4.40. The predicted octanol–water partition coefficient (Wildman–Crippen LogP) is 2.02. The molecule has 0 unspecified atom stereocenters. The Hall–Kier alpha value is -1.75. The standard InChI is InChI=1S/C11H10N2O2S/c1-7-12-9(6-16-7)4-11(15)10-3-2-8(5-14)13-10/h2-3,5-6,13H,4H2,1H3. The summed E-state index contributed by atoms with van der Waals surface area (Å²) >= 11 is 1.52. The third-order valence-corrected chi connectivity index (χ3v) is 2.97. The van der Waals surface area contributed by atoms with Crippen molar-refractivity contribution in [1.29, 1.82) is 0 Å². The van der Waals surface area contributed by atoms with Crippen LogP contribution in [0.5, 0.6) is 0 Å². The van der Waals surface area contributed by atoms with Gasteiger partial charge in [0, 0.05) is 5.38 Å². The summed E-state index contributed by atoms with van der Waals surface area (Å²) in [6, 6.07) is 3.21. The Balaban J connectivity index is 2.11. The molecule has 0 saturated heterocycles. The third-order valence-electron chi connectivity index (χ3n) is 2.14. The van der Waals surface area contributed by atoms with Crippen LogP contribution in [0.3, 0.4) is 0 Å². The van der Waals surface area contributed by atoms with E-state index in [1.807, 2.05) is 12.3 Å². The topological polar surface area (TPSA) is 62.8 Å². The molecule has 0 bridgehead atoms. The molecule has 82 valence electrons. The van der Waals surface area contributed by atoms with Crippen LogP contribution >= 0.6 is 11.3 Å². The van der Waals surface area contributed by atoms with Gasteiger partial charge in [-0.05, 0) is 19.1 Å². The third kappa shape index (κ3) is 2.25. The lowest BCUT2D eigenvalue weighted by Crippen LogP contribution is -2.04. The Morgan fingerprint density at radius 2 is 2.38 bits per heavy atom. The first-order valence-electron chi connectivity index (χ1n) is 4.77. The number of nitrogens with zero attached hydrogens (tertiary/aromatic N) is 1. The quantitative estimate of drug-likeness (QED) is 0.650. The van der Waals surface area contributed by atoms with Crippen LogP contribution in [-0.4, -0.2) is 22.0 Å². The monoisotopic (exact) mass is 234 g/mol. The van der Waals surface area contributed by atoms with Crippen molar-refractivity contribution in [3.8, 4) is 0 Å². The number of hydrogen-bond donors (Lipinski definition) is 1. The van der Waals surface area contributed by atoms with Crippen LogP contribution in [0.2, 0.25) is 0 Å². The smallest absolute Gasteiger partial charge is 0.184 e. The maximum atomic E-state index is 11.8. The lowest BCUT2D eigenvalue weighted by atomic mass is 10.2. The number of nitrogens with one attached hydrogen (secondary N) is 1. The molecule has 0 aromatic carbocycles. The van der Waals surface area contributed by atoms with Gasteiger partial charge in [0.1, 0.15) is 0 Å². The SMILES string of the molecule is Cc1nc(CC(=O)c2ccc(C=O)[nH]2)cs1. The van der Waals surface area contributed by atoms with Gasteiger partial charge in [-0.25, -0.2) is 4.98 Å². The summed E-state index contributed by atoms with van der Waals surface area (Å²) < 4.78 is 0. The molecule has 1 N–H and O–H groups in total. The Labute approximate surface area is 96.3 Å². The second-order valence-corrected chi connectivity index (χ2v) is 4.47. The van der Waals surface area contributed by atoms with Crippen molar-refractivity contribution >= 4 is 23.4 Å². The molecule has 0 radical (unpaired) electrons. The number of aryl methyl sites for hydroxylation is 1. The van der Waals surface area contributed by atoms with E-state index in [1.54, 1.807) is 12.1 Å². The molecule has 0 aliphatic rings. The lowest BCUT2D eigenvalue weighted by molar-refractivity contribution is 0.0988. The van der Waals surface area contributed by atoms with Crippen LogP contribution in [-0.2, 0) is 6.42 Å². The van der Waals surface area contributed by atoms with E-state index in [9.17, 15) is 9.59 Å². The van der Waals surface area contributed by atoms with Crippen molar-refractivity contribution in [1.82, 2.24) is 9.97 Å². The van der Waals surface area contributed by atoms with E-state index < -0.39 is 0 Å². The van der Waals surface area contributed by atoms with Crippen molar-refractivity contribution in [2.24, 2.45) is 0 Å². The maximum absolute atomic E-state index is 11.8. The summed E-state index contributed by atoms with van der Waals surface area (Å²) in [4.78, 5) is 29.2. The summed E-state index contributed by atoms with van der Waals surface area (Å²) in [5.41, 5.74) is 1.64. The first kappa shape index (κ1) is 10.8. The number of rotatable bonds is 4. The minimum absolute atomic E-state index is 0.0570. The Morgan fingerprint density at radius 1 is 1.56 bits per heavy atom. The largest absolute Gasteiger partial charge is 0.350 e. The van der Waals surface area contributed by atoms with E-state index in [0.29, 0.717) is 17.7 Å². The molecule has 0 saturated carbocycles. The van der Waals surface area contributed by atoms with E-state index >= 15 is 0 Å². The molecule has 2 aromatic rings. The van der Waals surface area contributed by atoms with E-state index in [0.717, 1.165) is 10.7 Å². The van der Waals surface area contributed by atoms with Gasteiger partial charge in [0.2, 0.25) is 0 Å². The molecule has 2 aromatic heterocycles. The average Bonchev–Trinajstić information content (AvgIpc) is 2.87. The van der Waals surface area contributed by atoms with Crippen molar-refractivity contribution in [2.45, 2.75) is 13.3 Å². The fourth-order valence-electron chi connectivity index (χ4n) is 1.39. The average molecular weight is 234 g/mol. The molecule has 2 heterocycles. The molecular weight excluding hydrogens is 224 g/mol. The molecule has 16 heavy (non-hydrogen) atoms. The highest BCUT2D eigenvalue weighted by atomic mass is 32.1. The molecule has 5 heteroatoms. The van der Waals surface area contributed by atoms with Crippen molar-refractivity contribution < 1.29 is 9.59 Å². The first-order valence-corrected chi connectivity index (χ1v) is 5.65. The van der Waals surface area contributed by atoms with Gasteiger partial charge in [0.15, 0.2) is 12.1 Å². The molecular formula is C11H10N2O2S. The summed E-state index contributed by atoms with van der Waals surface area (Å²) in [6.45, 7) is 1.90. The van der Waals surface area contributed by atoms with Gasteiger partial charge in [0.25, 0.3) is 0 Å². The van der Waals surface area contributed by atoms with Crippen LogP contribution in [0.1, 0.15) is 31.7 Å². The summed E-state index contributed by atoms with van der Waals surface area (Å²) in [7, 11) is 0. The number of carbonyl (C=O) groups is 2. The zero-order valence-corrected chi connectivity index (χ0v) is 9.50. The Morgan fingerprint density at radius 3 is 2.94 bits per heavy atom. The zero-order valence-electron chi connectivity index (χ0n) is 8.69. The first-order chi connectivity index (χ1) is 7.69. The number of carbonyl (C=O) groups excluding carboxylic acids is 2. The molecule has 0 spiro atoms.